The molecule has 0 atom stereocenters. The maximum Gasteiger partial charge on any atom is 0.262 e. The molecular weight excluding hydrogens is 394 g/mol. The number of nitrogens with zero attached hydrogens (tertiary/aromatic N) is 1. The van der Waals surface area contributed by atoms with Gasteiger partial charge in [-0.1, -0.05) is 48.0 Å². The van der Waals surface area contributed by atoms with E-state index in [2.05, 4.69) is 6.07 Å². The van der Waals surface area contributed by atoms with Crippen LogP contribution in [0.25, 0.3) is 11.8 Å². The third-order valence-corrected chi connectivity index (χ3v) is 5.42. The largest absolute Gasteiger partial charge is 0.497 e. The van der Waals surface area contributed by atoms with E-state index in [0.717, 1.165) is 39.4 Å². The number of hydrogen-bond acceptors (Lipinski definition) is 2. The lowest BCUT2D eigenvalue weighted by Crippen LogP contribution is -2.25. The van der Waals surface area contributed by atoms with E-state index in [4.69, 9.17) is 16.3 Å². The Kier molecular flexibility index (Phi) is 5.47. The Balaban J connectivity index is 1.83. The second-order valence-electron chi connectivity index (χ2n) is 7.34. The van der Waals surface area contributed by atoms with Crippen LogP contribution in [0.5, 0.6) is 5.75 Å². The van der Waals surface area contributed by atoms with Crippen LogP contribution in [0, 0.1) is 13.8 Å². The molecule has 4 rings (SSSR count). The summed E-state index contributed by atoms with van der Waals surface area (Å²) in [6.45, 7) is 4.05. The number of amides is 1. The van der Waals surface area contributed by atoms with E-state index in [0.29, 0.717) is 10.6 Å². The zero-order chi connectivity index (χ0) is 21.3. The van der Waals surface area contributed by atoms with Gasteiger partial charge in [-0.25, -0.2) is 0 Å². The SMILES string of the molecule is COc1ccc(/C=C2/C=C(c3ccc(Cl)cc3)N(c3cc(C)ccc3C)C2=O)cc1. The number of rotatable bonds is 4. The first-order chi connectivity index (χ1) is 14.5. The van der Waals surface area contributed by atoms with Crippen molar-refractivity contribution < 1.29 is 9.53 Å². The van der Waals surface area contributed by atoms with Crippen LogP contribution in [0.1, 0.15) is 22.3 Å². The highest BCUT2D eigenvalue weighted by atomic mass is 35.5. The van der Waals surface area contributed by atoms with Crippen LogP contribution in [0.15, 0.2) is 78.4 Å². The van der Waals surface area contributed by atoms with Gasteiger partial charge in [0.15, 0.2) is 0 Å². The highest BCUT2D eigenvalue weighted by Crippen LogP contribution is 2.37. The fourth-order valence-corrected chi connectivity index (χ4v) is 3.65. The fourth-order valence-electron chi connectivity index (χ4n) is 3.53. The number of halogens is 1. The minimum atomic E-state index is -0.0514. The van der Waals surface area contributed by atoms with Crippen LogP contribution in [0.3, 0.4) is 0 Å². The van der Waals surface area contributed by atoms with Crippen molar-refractivity contribution in [1.29, 1.82) is 0 Å². The van der Waals surface area contributed by atoms with E-state index < -0.39 is 0 Å². The number of aryl methyl sites for hydroxylation is 2. The van der Waals surface area contributed by atoms with Crippen molar-refractivity contribution in [2.75, 3.05) is 12.0 Å². The molecule has 0 saturated heterocycles. The monoisotopic (exact) mass is 415 g/mol. The summed E-state index contributed by atoms with van der Waals surface area (Å²) < 4.78 is 5.23. The minimum Gasteiger partial charge on any atom is -0.497 e. The molecule has 4 heteroatoms. The van der Waals surface area contributed by atoms with Crippen molar-refractivity contribution in [2.45, 2.75) is 13.8 Å². The molecule has 0 radical (unpaired) electrons. The van der Waals surface area contributed by atoms with Gasteiger partial charge in [-0.3, -0.25) is 9.69 Å². The topological polar surface area (TPSA) is 29.5 Å². The molecule has 1 aliphatic heterocycles. The molecule has 1 heterocycles. The fraction of sp³-hybridized carbons (Fsp3) is 0.115. The number of carbonyl (C=O) groups is 1. The average molecular weight is 416 g/mol. The zero-order valence-corrected chi connectivity index (χ0v) is 17.9. The van der Waals surface area contributed by atoms with Gasteiger partial charge in [0.2, 0.25) is 0 Å². The van der Waals surface area contributed by atoms with Gasteiger partial charge < -0.3 is 4.74 Å². The van der Waals surface area contributed by atoms with Gasteiger partial charge >= 0.3 is 0 Å². The minimum absolute atomic E-state index is 0.0514. The van der Waals surface area contributed by atoms with Gasteiger partial charge in [0, 0.05) is 10.6 Å². The van der Waals surface area contributed by atoms with Crippen LogP contribution in [-0.4, -0.2) is 13.0 Å². The van der Waals surface area contributed by atoms with Crippen molar-refractivity contribution >= 4 is 35.0 Å². The number of carbonyl (C=O) groups excluding carboxylic acids is 1. The summed E-state index contributed by atoms with van der Waals surface area (Å²) in [5, 5.41) is 0.663. The zero-order valence-electron chi connectivity index (χ0n) is 17.1. The standard InChI is InChI=1S/C26H22ClNO2/c1-17-4-5-18(2)24(14-17)28-25(20-8-10-22(27)11-9-20)16-21(26(28)29)15-19-6-12-23(30-3)13-7-19/h4-16H,1-3H3/b21-15-. The van der Waals surface area contributed by atoms with Crippen LogP contribution >= 0.6 is 11.6 Å². The second kappa shape index (κ2) is 8.21. The second-order valence-corrected chi connectivity index (χ2v) is 7.78. The van der Waals surface area contributed by atoms with Crippen LogP contribution in [-0.2, 0) is 4.79 Å². The Morgan fingerprint density at radius 1 is 0.933 bits per heavy atom. The molecule has 0 fully saturated rings. The summed E-state index contributed by atoms with van der Waals surface area (Å²) in [4.78, 5) is 15.3. The maximum absolute atomic E-state index is 13.5. The number of methoxy groups -OCH3 is 1. The molecule has 0 aromatic heterocycles. The molecule has 0 aliphatic carbocycles. The molecule has 0 saturated carbocycles. The average Bonchev–Trinajstić information content (AvgIpc) is 3.07. The molecule has 0 bridgehead atoms. The van der Waals surface area contributed by atoms with E-state index in [-0.39, 0.29) is 5.91 Å². The number of anilines is 1. The summed E-state index contributed by atoms with van der Waals surface area (Å²) in [6.07, 6.45) is 3.85. The molecule has 0 unspecified atom stereocenters. The lowest BCUT2D eigenvalue weighted by atomic mass is 10.1. The Hall–Kier alpha value is -3.30. The third-order valence-electron chi connectivity index (χ3n) is 5.17. The molecule has 30 heavy (non-hydrogen) atoms. The maximum atomic E-state index is 13.5. The molecule has 3 aromatic carbocycles. The van der Waals surface area contributed by atoms with Crippen molar-refractivity contribution in [1.82, 2.24) is 0 Å². The Bertz CT molecular complexity index is 1160. The summed E-state index contributed by atoms with van der Waals surface area (Å²) in [5.41, 5.74) is 6.38. The summed E-state index contributed by atoms with van der Waals surface area (Å²) in [5.74, 6) is 0.730. The number of ether oxygens (including phenoxy) is 1. The van der Waals surface area contributed by atoms with Crippen LogP contribution in [0.2, 0.25) is 5.02 Å². The normalized spacial score (nSPS) is 14.9. The Morgan fingerprint density at radius 3 is 2.30 bits per heavy atom. The van der Waals surface area contributed by atoms with Crippen molar-refractivity contribution in [3.8, 4) is 5.75 Å². The van der Waals surface area contributed by atoms with Gasteiger partial charge in [0.1, 0.15) is 5.75 Å². The smallest absolute Gasteiger partial charge is 0.262 e. The molecule has 1 aliphatic rings. The van der Waals surface area contributed by atoms with Gasteiger partial charge in [0.25, 0.3) is 5.91 Å². The molecule has 3 nitrogen and oxygen atoms in total. The highest BCUT2D eigenvalue weighted by molar-refractivity contribution is 6.30. The van der Waals surface area contributed by atoms with Gasteiger partial charge in [-0.15, -0.1) is 0 Å². The predicted molar refractivity (Wildman–Crippen MR) is 124 cm³/mol. The lowest BCUT2D eigenvalue weighted by molar-refractivity contribution is -0.113. The van der Waals surface area contributed by atoms with E-state index >= 15 is 0 Å². The van der Waals surface area contributed by atoms with Crippen molar-refractivity contribution in [3.63, 3.8) is 0 Å². The van der Waals surface area contributed by atoms with Gasteiger partial charge in [0.05, 0.1) is 18.5 Å². The van der Waals surface area contributed by atoms with Crippen molar-refractivity contribution in [3.05, 3.63) is 106 Å². The first kappa shape index (κ1) is 20.0. The highest BCUT2D eigenvalue weighted by Gasteiger charge is 2.31. The number of hydrogen-bond donors (Lipinski definition) is 0. The Morgan fingerprint density at radius 2 is 1.63 bits per heavy atom. The van der Waals surface area contributed by atoms with E-state index in [1.807, 2.05) is 86.7 Å². The molecular formula is C26H22ClNO2. The number of benzene rings is 3. The van der Waals surface area contributed by atoms with Gasteiger partial charge in [-0.2, -0.15) is 0 Å². The van der Waals surface area contributed by atoms with Crippen LogP contribution < -0.4 is 9.64 Å². The van der Waals surface area contributed by atoms with Gasteiger partial charge in [-0.05, 0) is 78.6 Å². The lowest BCUT2D eigenvalue weighted by Gasteiger charge is -2.23. The van der Waals surface area contributed by atoms with E-state index in [1.54, 1.807) is 12.0 Å². The predicted octanol–water partition coefficient (Wildman–Crippen LogP) is 6.44. The van der Waals surface area contributed by atoms with Crippen molar-refractivity contribution in [2.24, 2.45) is 0 Å². The third kappa shape index (κ3) is 3.89. The van der Waals surface area contributed by atoms with E-state index in [1.165, 1.54) is 0 Å². The van der Waals surface area contributed by atoms with Crippen LogP contribution in [0.4, 0.5) is 5.69 Å². The molecule has 1 amide bonds. The quantitative estimate of drug-likeness (QED) is 0.459. The molecule has 3 aromatic rings. The summed E-state index contributed by atoms with van der Waals surface area (Å²) in [7, 11) is 1.64. The molecule has 0 N–H and O–H groups in total. The summed E-state index contributed by atoms with van der Waals surface area (Å²) >= 11 is 6.09. The first-order valence-electron chi connectivity index (χ1n) is 9.71. The first-order valence-corrected chi connectivity index (χ1v) is 10.1. The molecule has 0 spiro atoms. The van der Waals surface area contributed by atoms with E-state index in [9.17, 15) is 4.79 Å². The Labute approximate surface area is 181 Å². The molecule has 150 valence electrons. The summed E-state index contributed by atoms with van der Waals surface area (Å²) in [6, 6.07) is 21.4.